The summed E-state index contributed by atoms with van der Waals surface area (Å²) in [5.74, 6) is 1.70. The van der Waals surface area contributed by atoms with Crippen LogP contribution in [0.4, 0.5) is 0 Å². The lowest BCUT2D eigenvalue weighted by atomic mass is 10.1. The molecule has 5 rings (SSSR count). The summed E-state index contributed by atoms with van der Waals surface area (Å²) in [6.45, 7) is 6.66. The Morgan fingerprint density at radius 2 is 1.73 bits per heavy atom. The molecule has 1 heterocycles. The van der Waals surface area contributed by atoms with Crippen LogP contribution in [0.3, 0.4) is 0 Å². The van der Waals surface area contributed by atoms with Crippen LogP contribution in [0, 0.1) is 0 Å². The second-order valence-electron chi connectivity index (χ2n) is 9.14. The Kier molecular flexibility index (Phi) is 9.11. The molecule has 0 aliphatic carbocycles. The molecular formula is C33H27Br2N3O3. The largest absolute Gasteiger partial charge is 0.490 e. The van der Waals surface area contributed by atoms with Gasteiger partial charge in [0.25, 0.3) is 5.56 Å². The lowest BCUT2D eigenvalue weighted by Crippen LogP contribution is -2.20. The molecule has 0 atom stereocenters. The summed E-state index contributed by atoms with van der Waals surface area (Å²) in [7, 11) is 0. The van der Waals surface area contributed by atoms with Gasteiger partial charge in [0.1, 0.15) is 6.61 Å². The van der Waals surface area contributed by atoms with Crippen molar-refractivity contribution in [3.63, 3.8) is 0 Å². The first-order valence-corrected chi connectivity index (χ1v) is 14.7. The van der Waals surface area contributed by atoms with Crippen LogP contribution in [0.2, 0.25) is 0 Å². The number of hydrogen-bond acceptors (Lipinski definition) is 5. The SMILES string of the molecule is C=CCc1cc(C=Nn2c(-c3ccccc3)nc3ccccc3c2=O)cc(OCC)c1OCc1ccc(Br)cc1Br. The number of ether oxygens (including phenoxy) is 2. The standard InChI is InChI=1S/C33H27Br2N3O3/c1-3-10-24-17-22(18-30(40-4-2)31(24)41-21-25-15-16-26(34)19-28(25)35)20-36-38-32(23-11-6-5-7-12-23)37-29-14-9-8-13-27(29)33(38)39/h3,5-9,11-20H,1,4,10,21H2,2H3. The zero-order valence-corrected chi connectivity index (χ0v) is 25.6. The van der Waals surface area contributed by atoms with Crippen LogP contribution in [0.15, 0.2) is 116 Å². The number of hydrogen-bond donors (Lipinski definition) is 0. The summed E-state index contributed by atoms with van der Waals surface area (Å²) < 4.78 is 15.6. The van der Waals surface area contributed by atoms with Crippen LogP contribution in [0.1, 0.15) is 23.6 Å². The highest BCUT2D eigenvalue weighted by Crippen LogP contribution is 2.35. The molecule has 0 unspecified atom stereocenters. The Hall–Kier alpha value is -4.01. The van der Waals surface area contributed by atoms with Gasteiger partial charge in [0.2, 0.25) is 0 Å². The Bertz CT molecular complexity index is 1800. The van der Waals surface area contributed by atoms with Crippen molar-refractivity contribution in [3.8, 4) is 22.9 Å². The van der Waals surface area contributed by atoms with E-state index >= 15 is 0 Å². The lowest BCUT2D eigenvalue weighted by molar-refractivity contribution is 0.266. The monoisotopic (exact) mass is 671 g/mol. The van der Waals surface area contributed by atoms with Crippen molar-refractivity contribution in [2.24, 2.45) is 5.10 Å². The van der Waals surface area contributed by atoms with E-state index in [0.29, 0.717) is 47.9 Å². The second-order valence-corrected chi connectivity index (χ2v) is 10.9. The van der Waals surface area contributed by atoms with Gasteiger partial charge in [0.15, 0.2) is 17.3 Å². The van der Waals surface area contributed by atoms with Crippen LogP contribution in [-0.2, 0) is 13.0 Å². The van der Waals surface area contributed by atoms with Gasteiger partial charge in [-0.25, -0.2) is 4.98 Å². The highest BCUT2D eigenvalue weighted by Gasteiger charge is 2.16. The van der Waals surface area contributed by atoms with Gasteiger partial charge in [-0.2, -0.15) is 9.78 Å². The summed E-state index contributed by atoms with van der Waals surface area (Å²) in [4.78, 5) is 18.3. The van der Waals surface area contributed by atoms with Crippen molar-refractivity contribution in [2.75, 3.05) is 6.61 Å². The van der Waals surface area contributed by atoms with Crippen molar-refractivity contribution in [3.05, 3.63) is 134 Å². The van der Waals surface area contributed by atoms with Crippen molar-refractivity contribution < 1.29 is 9.47 Å². The van der Waals surface area contributed by atoms with E-state index < -0.39 is 0 Å². The molecule has 41 heavy (non-hydrogen) atoms. The van der Waals surface area contributed by atoms with Crippen LogP contribution in [-0.4, -0.2) is 22.5 Å². The molecule has 8 heteroatoms. The first kappa shape index (κ1) is 28.5. The van der Waals surface area contributed by atoms with E-state index in [2.05, 4.69) is 43.5 Å². The van der Waals surface area contributed by atoms with Gasteiger partial charge < -0.3 is 9.47 Å². The van der Waals surface area contributed by atoms with E-state index in [4.69, 9.17) is 14.5 Å². The molecule has 5 aromatic rings. The minimum atomic E-state index is -0.248. The van der Waals surface area contributed by atoms with Crippen molar-refractivity contribution >= 4 is 49.0 Å². The molecule has 0 spiro atoms. The van der Waals surface area contributed by atoms with Gasteiger partial charge in [-0.15, -0.1) is 6.58 Å². The van der Waals surface area contributed by atoms with E-state index in [1.807, 2.05) is 91.9 Å². The Balaban J connectivity index is 1.57. The summed E-state index contributed by atoms with van der Waals surface area (Å²) in [6, 6.07) is 26.7. The number of halogens is 2. The van der Waals surface area contributed by atoms with E-state index in [9.17, 15) is 4.79 Å². The average molecular weight is 673 g/mol. The predicted molar refractivity (Wildman–Crippen MR) is 172 cm³/mol. The van der Waals surface area contributed by atoms with Crippen LogP contribution < -0.4 is 15.0 Å². The third-order valence-corrected chi connectivity index (χ3v) is 7.54. The molecule has 0 aliphatic rings. The summed E-state index contributed by atoms with van der Waals surface area (Å²) in [5.41, 5.74) is 3.81. The van der Waals surface area contributed by atoms with Gasteiger partial charge in [-0.1, -0.05) is 86.5 Å². The van der Waals surface area contributed by atoms with Crippen LogP contribution in [0.5, 0.6) is 11.5 Å². The number of rotatable bonds is 10. The van der Waals surface area contributed by atoms with Crippen molar-refractivity contribution in [2.45, 2.75) is 20.0 Å². The van der Waals surface area contributed by atoms with Crippen LogP contribution in [0.25, 0.3) is 22.3 Å². The molecule has 1 aromatic heterocycles. The summed E-state index contributed by atoms with van der Waals surface area (Å²) in [6.07, 6.45) is 4.03. The average Bonchev–Trinajstić information content (AvgIpc) is 2.98. The molecule has 206 valence electrons. The molecule has 0 N–H and O–H groups in total. The number of fused-ring (bicyclic) bond motifs is 1. The zero-order valence-electron chi connectivity index (χ0n) is 22.4. The first-order valence-electron chi connectivity index (χ1n) is 13.1. The predicted octanol–water partition coefficient (Wildman–Crippen LogP) is 8.18. The van der Waals surface area contributed by atoms with E-state index in [1.54, 1.807) is 12.3 Å². The fraction of sp³-hybridized carbons (Fsp3) is 0.121. The third-order valence-electron chi connectivity index (χ3n) is 6.31. The first-order chi connectivity index (χ1) is 20.0. The number of aromatic nitrogens is 2. The number of benzene rings is 4. The lowest BCUT2D eigenvalue weighted by Gasteiger charge is -2.17. The zero-order chi connectivity index (χ0) is 28.8. The molecule has 0 aliphatic heterocycles. The third kappa shape index (κ3) is 6.50. The van der Waals surface area contributed by atoms with Gasteiger partial charge in [0.05, 0.1) is 23.7 Å². The maximum atomic E-state index is 13.5. The summed E-state index contributed by atoms with van der Waals surface area (Å²) in [5, 5.41) is 5.13. The molecule has 0 bridgehead atoms. The van der Waals surface area contributed by atoms with Gasteiger partial charge in [-0.05, 0) is 55.3 Å². The normalized spacial score (nSPS) is 11.2. The van der Waals surface area contributed by atoms with Gasteiger partial charge >= 0.3 is 0 Å². The summed E-state index contributed by atoms with van der Waals surface area (Å²) >= 11 is 7.10. The van der Waals surface area contributed by atoms with Gasteiger partial charge in [-0.3, -0.25) is 4.79 Å². The fourth-order valence-electron chi connectivity index (χ4n) is 4.41. The maximum absolute atomic E-state index is 13.5. The molecule has 0 saturated heterocycles. The molecule has 0 fully saturated rings. The smallest absolute Gasteiger partial charge is 0.282 e. The quantitative estimate of drug-likeness (QED) is 0.111. The topological polar surface area (TPSA) is 65.7 Å². The Labute approximate surface area is 255 Å². The molecule has 0 amide bonds. The van der Waals surface area contributed by atoms with E-state index in [1.165, 1.54) is 4.68 Å². The molecular weight excluding hydrogens is 646 g/mol. The highest BCUT2D eigenvalue weighted by molar-refractivity contribution is 9.11. The molecule has 0 radical (unpaired) electrons. The fourth-order valence-corrected chi connectivity index (χ4v) is 5.57. The van der Waals surface area contributed by atoms with E-state index in [0.717, 1.165) is 31.2 Å². The second kappa shape index (κ2) is 13.1. The number of nitrogens with zero attached hydrogens (tertiary/aromatic N) is 3. The minimum absolute atomic E-state index is 0.248. The number of allylic oxidation sites excluding steroid dienone is 1. The minimum Gasteiger partial charge on any atom is -0.490 e. The van der Waals surface area contributed by atoms with Gasteiger partial charge in [0, 0.05) is 25.6 Å². The van der Waals surface area contributed by atoms with Crippen molar-refractivity contribution in [1.82, 2.24) is 9.66 Å². The Morgan fingerprint density at radius 3 is 2.49 bits per heavy atom. The molecule has 0 saturated carbocycles. The highest BCUT2D eigenvalue weighted by atomic mass is 79.9. The van der Waals surface area contributed by atoms with Crippen LogP contribution >= 0.6 is 31.9 Å². The number of para-hydroxylation sites is 1. The Morgan fingerprint density at radius 1 is 0.951 bits per heavy atom. The molecule has 6 nitrogen and oxygen atoms in total. The van der Waals surface area contributed by atoms with Crippen molar-refractivity contribution in [1.29, 1.82) is 0 Å². The van der Waals surface area contributed by atoms with E-state index in [-0.39, 0.29) is 5.56 Å². The molecule has 4 aromatic carbocycles. The maximum Gasteiger partial charge on any atom is 0.282 e.